The van der Waals surface area contributed by atoms with Crippen LogP contribution < -0.4 is 15.5 Å². The first-order valence-corrected chi connectivity index (χ1v) is 12.9. The summed E-state index contributed by atoms with van der Waals surface area (Å²) in [6.45, 7) is 3.22. The second kappa shape index (κ2) is 10.9. The normalized spacial score (nSPS) is 19.8. The van der Waals surface area contributed by atoms with E-state index in [2.05, 4.69) is 20.5 Å². The highest BCUT2D eigenvalue weighted by Crippen LogP contribution is 2.29. The zero-order valence-corrected chi connectivity index (χ0v) is 20.4. The van der Waals surface area contributed by atoms with Gasteiger partial charge in [-0.05, 0) is 74.6 Å². The van der Waals surface area contributed by atoms with Crippen molar-refractivity contribution in [1.29, 1.82) is 0 Å². The molecule has 2 aliphatic rings. The number of para-hydroxylation sites is 1. The van der Waals surface area contributed by atoms with Gasteiger partial charge in [-0.25, -0.2) is 14.8 Å². The number of rotatable bonds is 7. The highest BCUT2D eigenvalue weighted by Gasteiger charge is 2.23. The molecular weight excluding hydrogens is 454 g/mol. The molecule has 3 heterocycles. The maximum Gasteiger partial charge on any atom is 0.404 e. The molecule has 0 radical (unpaired) electrons. The first-order chi connectivity index (χ1) is 17.6. The Morgan fingerprint density at radius 1 is 0.944 bits per heavy atom. The van der Waals surface area contributed by atoms with E-state index in [1.54, 1.807) is 0 Å². The van der Waals surface area contributed by atoms with Crippen molar-refractivity contribution >= 4 is 28.7 Å². The smallest absolute Gasteiger partial charge is 0.404 e. The number of amides is 2. The lowest BCUT2D eigenvalue weighted by Gasteiger charge is -2.28. The van der Waals surface area contributed by atoms with E-state index in [0.717, 1.165) is 66.8 Å². The van der Waals surface area contributed by atoms with Gasteiger partial charge >= 0.3 is 6.09 Å². The number of hydrogen-bond acceptors (Lipinski definition) is 5. The molecule has 1 aliphatic carbocycles. The van der Waals surface area contributed by atoms with Gasteiger partial charge in [0.2, 0.25) is 0 Å². The van der Waals surface area contributed by atoms with E-state index in [4.69, 9.17) is 10.1 Å². The van der Waals surface area contributed by atoms with Gasteiger partial charge in [-0.1, -0.05) is 18.2 Å². The van der Waals surface area contributed by atoms with Gasteiger partial charge in [-0.15, -0.1) is 0 Å². The molecule has 3 aromatic rings. The second-order valence-electron chi connectivity index (χ2n) is 9.95. The maximum atomic E-state index is 13.3. The largest absolute Gasteiger partial charge is 0.465 e. The van der Waals surface area contributed by atoms with Crippen LogP contribution in [0.4, 0.5) is 10.6 Å². The maximum absolute atomic E-state index is 13.3. The molecule has 5 rings (SSSR count). The molecule has 2 fully saturated rings. The highest BCUT2D eigenvalue weighted by molar-refractivity contribution is 6.07. The Hall–Kier alpha value is -3.68. The zero-order chi connectivity index (χ0) is 24.9. The third-order valence-corrected chi connectivity index (χ3v) is 7.49. The summed E-state index contributed by atoms with van der Waals surface area (Å²) >= 11 is 0. The van der Waals surface area contributed by atoms with Gasteiger partial charge in [0.15, 0.2) is 0 Å². The van der Waals surface area contributed by atoms with Gasteiger partial charge < -0.3 is 20.6 Å². The van der Waals surface area contributed by atoms with Crippen molar-refractivity contribution in [2.45, 2.75) is 38.5 Å². The number of carboxylic acid groups (broad SMARTS) is 1. The predicted molar refractivity (Wildman–Crippen MR) is 140 cm³/mol. The number of carbonyl (C=O) groups excluding carboxylic acids is 1. The van der Waals surface area contributed by atoms with Gasteiger partial charge in [-0.2, -0.15) is 0 Å². The van der Waals surface area contributed by atoms with Crippen LogP contribution in [0.3, 0.4) is 0 Å². The SMILES string of the molecule is O=C(O)NC[C@H]1CC[C@H](CNC(=O)c2cc(-c3ccc(N4CCCC4)nc3)nc3ccccc23)CC1. The lowest BCUT2D eigenvalue weighted by Crippen LogP contribution is -2.34. The van der Waals surface area contributed by atoms with E-state index in [1.807, 2.05) is 48.7 Å². The minimum Gasteiger partial charge on any atom is -0.465 e. The number of hydrogen-bond donors (Lipinski definition) is 3. The molecule has 188 valence electrons. The third-order valence-electron chi connectivity index (χ3n) is 7.49. The van der Waals surface area contributed by atoms with E-state index in [1.165, 1.54) is 12.8 Å². The summed E-state index contributed by atoms with van der Waals surface area (Å²) in [6.07, 6.45) is 7.23. The summed E-state index contributed by atoms with van der Waals surface area (Å²) < 4.78 is 0. The minimum atomic E-state index is -0.966. The molecule has 2 amide bonds. The molecule has 1 saturated heterocycles. The van der Waals surface area contributed by atoms with Crippen LogP contribution >= 0.6 is 0 Å². The number of benzene rings is 1. The van der Waals surface area contributed by atoms with Crippen LogP contribution in [0, 0.1) is 11.8 Å². The van der Waals surface area contributed by atoms with Crippen LogP contribution in [0.5, 0.6) is 0 Å². The van der Waals surface area contributed by atoms with Crippen molar-refractivity contribution in [2.75, 3.05) is 31.1 Å². The van der Waals surface area contributed by atoms with Crippen molar-refractivity contribution in [3.63, 3.8) is 0 Å². The Balaban J connectivity index is 1.28. The molecule has 1 saturated carbocycles. The molecule has 0 unspecified atom stereocenters. The van der Waals surface area contributed by atoms with E-state index in [9.17, 15) is 9.59 Å². The first-order valence-electron chi connectivity index (χ1n) is 12.9. The van der Waals surface area contributed by atoms with Crippen molar-refractivity contribution in [2.24, 2.45) is 11.8 Å². The Morgan fingerprint density at radius 2 is 1.64 bits per heavy atom. The molecule has 1 aliphatic heterocycles. The monoisotopic (exact) mass is 487 g/mol. The van der Waals surface area contributed by atoms with Crippen LogP contribution in [-0.2, 0) is 0 Å². The molecule has 8 heteroatoms. The van der Waals surface area contributed by atoms with Gasteiger partial charge in [0.1, 0.15) is 5.82 Å². The molecule has 0 bridgehead atoms. The first kappa shape index (κ1) is 24.0. The molecule has 3 N–H and O–H groups in total. The second-order valence-corrected chi connectivity index (χ2v) is 9.95. The molecule has 8 nitrogen and oxygen atoms in total. The fourth-order valence-corrected chi connectivity index (χ4v) is 5.39. The minimum absolute atomic E-state index is 0.0915. The number of anilines is 1. The van der Waals surface area contributed by atoms with Gasteiger partial charge in [0, 0.05) is 43.3 Å². The van der Waals surface area contributed by atoms with Crippen LogP contribution in [0.25, 0.3) is 22.2 Å². The molecular formula is C28H33N5O3. The number of carbonyl (C=O) groups is 2. The fraction of sp³-hybridized carbons (Fsp3) is 0.429. The van der Waals surface area contributed by atoms with Gasteiger partial charge in [0.05, 0.1) is 16.8 Å². The summed E-state index contributed by atoms with van der Waals surface area (Å²) in [7, 11) is 0. The van der Waals surface area contributed by atoms with E-state index in [0.29, 0.717) is 30.5 Å². The number of nitrogens with one attached hydrogen (secondary N) is 2. The lowest BCUT2D eigenvalue weighted by molar-refractivity contribution is 0.0942. The van der Waals surface area contributed by atoms with Gasteiger partial charge in [0.25, 0.3) is 5.91 Å². The van der Waals surface area contributed by atoms with E-state index < -0.39 is 6.09 Å². The average Bonchev–Trinajstić information content (AvgIpc) is 3.46. The molecule has 1 aromatic carbocycles. The molecule has 0 atom stereocenters. The van der Waals surface area contributed by atoms with Crippen molar-refractivity contribution in [3.05, 3.63) is 54.2 Å². The Bertz CT molecular complexity index is 1220. The summed E-state index contributed by atoms with van der Waals surface area (Å²) in [5.74, 6) is 1.68. The zero-order valence-electron chi connectivity index (χ0n) is 20.4. The van der Waals surface area contributed by atoms with Gasteiger partial charge in [-0.3, -0.25) is 4.79 Å². The number of pyridine rings is 2. The molecule has 36 heavy (non-hydrogen) atoms. The number of aromatic nitrogens is 2. The van der Waals surface area contributed by atoms with E-state index in [-0.39, 0.29) is 5.91 Å². The van der Waals surface area contributed by atoms with Crippen molar-refractivity contribution in [1.82, 2.24) is 20.6 Å². The standard InChI is InChI=1S/C28H33N5O3/c34-27(30-16-19-7-9-20(10-8-19)17-31-28(35)36)23-15-25(32-24-6-2-1-5-22(23)24)21-11-12-26(29-18-21)33-13-3-4-14-33/h1-2,5-6,11-12,15,18-20,31H,3-4,7-10,13-14,16-17H2,(H,30,34)(H,35,36)/t19-,20-. The highest BCUT2D eigenvalue weighted by atomic mass is 16.4. The van der Waals surface area contributed by atoms with Crippen LogP contribution in [0.15, 0.2) is 48.7 Å². The fourth-order valence-electron chi connectivity index (χ4n) is 5.39. The molecule has 2 aromatic heterocycles. The van der Waals surface area contributed by atoms with Crippen LogP contribution in [-0.4, -0.2) is 53.3 Å². The summed E-state index contributed by atoms with van der Waals surface area (Å²) in [4.78, 5) is 35.8. The summed E-state index contributed by atoms with van der Waals surface area (Å²) in [5.41, 5.74) is 3.05. The topological polar surface area (TPSA) is 107 Å². The quantitative estimate of drug-likeness (QED) is 0.446. The Kier molecular flexibility index (Phi) is 7.30. The number of fused-ring (bicyclic) bond motifs is 1. The van der Waals surface area contributed by atoms with Crippen molar-refractivity contribution in [3.8, 4) is 11.3 Å². The summed E-state index contributed by atoms with van der Waals surface area (Å²) in [6, 6.07) is 13.7. The van der Waals surface area contributed by atoms with Crippen LogP contribution in [0.2, 0.25) is 0 Å². The molecule has 0 spiro atoms. The van der Waals surface area contributed by atoms with E-state index >= 15 is 0 Å². The summed E-state index contributed by atoms with van der Waals surface area (Å²) in [5, 5.41) is 15.3. The number of nitrogens with zero attached hydrogens (tertiary/aromatic N) is 3. The van der Waals surface area contributed by atoms with Crippen molar-refractivity contribution < 1.29 is 14.7 Å². The third kappa shape index (κ3) is 5.58. The van der Waals surface area contributed by atoms with Crippen LogP contribution in [0.1, 0.15) is 48.9 Å². The Morgan fingerprint density at radius 3 is 2.31 bits per heavy atom. The Labute approximate surface area is 211 Å². The predicted octanol–water partition coefficient (Wildman–Crippen LogP) is 4.70. The lowest BCUT2D eigenvalue weighted by atomic mass is 9.82. The average molecular weight is 488 g/mol.